The van der Waals surface area contributed by atoms with Crippen LogP contribution >= 0.6 is 0 Å². The van der Waals surface area contributed by atoms with Crippen LogP contribution in [0.25, 0.3) is 0 Å². The number of aliphatic hydroxyl groups is 5. The summed E-state index contributed by atoms with van der Waals surface area (Å²) in [5, 5.41) is 60.9. The maximum atomic E-state index is 14.2. The van der Waals surface area contributed by atoms with Gasteiger partial charge in [0.05, 0.1) is 42.0 Å². The van der Waals surface area contributed by atoms with Crippen molar-refractivity contribution in [1.82, 2.24) is 4.98 Å². The molecule has 1 aromatic heterocycles. The molecule has 7 rings (SSSR count). The molecule has 2 heterocycles. The Labute approximate surface area is 356 Å². The molecule has 0 aromatic carbocycles. The highest BCUT2D eigenvalue weighted by molar-refractivity contribution is 5.95. The molecule has 3 saturated carbocycles. The number of rotatable bonds is 8. The first-order valence-electron chi connectivity index (χ1n) is 22.8. The number of carbonyl (C=O) groups excluding carboxylic acids is 2. The summed E-state index contributed by atoms with van der Waals surface area (Å²) in [4.78, 5) is 35.1. The van der Waals surface area contributed by atoms with E-state index in [1.165, 1.54) is 0 Å². The van der Waals surface area contributed by atoms with Gasteiger partial charge in [-0.15, -0.1) is 5.92 Å². The summed E-state index contributed by atoms with van der Waals surface area (Å²) in [5.41, 5.74) is 8.21. The molecule has 0 spiro atoms. The van der Waals surface area contributed by atoms with Crippen molar-refractivity contribution < 1.29 is 39.9 Å². The molecule has 6 aliphatic rings. The van der Waals surface area contributed by atoms with E-state index in [4.69, 9.17) is 16.2 Å². The van der Waals surface area contributed by atoms with Gasteiger partial charge >= 0.3 is 5.97 Å². The quantitative estimate of drug-likeness (QED) is 0.0788. The standard InChI is InChI=1S/C48H72N4O8/c1-26(2)10-11-29-19-30(33-25-60-43(57)41(33)32-13-16-51-24-32)8-7-9-31-22-48(59)35-20-37(53)36-21-38(54)39(55)23-45(36,5)34(35)12-14-47(48,15-17-52-44(49)50)42(31)46(6,58)40(56)18-27(3)28(29)4/h13,16,20,24,26-31,33-34,36,38-42,51,54-56,58-59H,9-12,14-15,17-19,21-23,25H2,1-6H3,(H4,49,50,52). The molecule has 12 nitrogen and oxygen atoms in total. The van der Waals surface area contributed by atoms with Gasteiger partial charge in [-0.25, -0.2) is 0 Å². The van der Waals surface area contributed by atoms with Crippen molar-refractivity contribution >= 4 is 17.7 Å². The predicted octanol–water partition coefficient (Wildman–Crippen LogP) is 4.59. The van der Waals surface area contributed by atoms with E-state index < -0.39 is 64.0 Å². The molecule has 5 aliphatic carbocycles. The number of nitrogens with one attached hydrogen (secondary N) is 1. The van der Waals surface area contributed by atoms with Crippen LogP contribution in [0.2, 0.25) is 0 Å². The van der Waals surface area contributed by atoms with E-state index in [0.717, 1.165) is 24.8 Å². The molecule has 1 aliphatic heterocycles. The lowest BCUT2D eigenvalue weighted by molar-refractivity contribution is -0.188. The lowest BCUT2D eigenvalue weighted by atomic mass is 9.44. The third-order valence-electron chi connectivity index (χ3n) is 17.3. The van der Waals surface area contributed by atoms with Gasteiger partial charge in [-0.2, -0.15) is 0 Å². The number of ether oxygens (including phenoxy) is 1. The van der Waals surface area contributed by atoms with Crippen LogP contribution in [0.3, 0.4) is 0 Å². The second kappa shape index (κ2) is 16.8. The second-order valence-electron chi connectivity index (χ2n) is 21.1. The number of esters is 1. The number of aliphatic hydroxyl groups excluding tert-OH is 3. The van der Waals surface area contributed by atoms with Gasteiger partial charge in [-0.1, -0.05) is 47.0 Å². The van der Waals surface area contributed by atoms with Gasteiger partial charge in [0.1, 0.15) is 0 Å². The SMILES string of the molecule is CC(C)CCC1CC(C2COC(=O)C2c2cc[nH]c2)C#CCC2CC3(O)C4=CC(=O)C5CC(O)C(O)CC5(C)C4CCC3(CCN=C(N)N)C2C(C)(O)C(O)CC(C)C1C. The minimum Gasteiger partial charge on any atom is -0.465 e. The fourth-order valence-corrected chi connectivity index (χ4v) is 13.9. The molecule has 1 aromatic rings. The van der Waals surface area contributed by atoms with Crippen LogP contribution in [0, 0.1) is 81.8 Å². The Bertz CT molecular complexity index is 1860. The number of H-pyrrole nitrogens is 1. The Morgan fingerprint density at radius 2 is 1.80 bits per heavy atom. The summed E-state index contributed by atoms with van der Waals surface area (Å²) >= 11 is 0. The number of hydrogen-bond acceptors (Lipinski definition) is 9. The van der Waals surface area contributed by atoms with Crippen molar-refractivity contribution in [2.45, 2.75) is 148 Å². The average Bonchev–Trinajstić information content (AvgIpc) is 3.90. The number of hydrogen-bond donors (Lipinski definition) is 8. The summed E-state index contributed by atoms with van der Waals surface area (Å²) in [6.45, 7) is 13.0. The number of nitrogens with zero attached hydrogens (tertiary/aromatic N) is 1. The molecule has 1 saturated heterocycles. The van der Waals surface area contributed by atoms with Crippen molar-refractivity contribution in [3.05, 3.63) is 35.7 Å². The van der Waals surface area contributed by atoms with Gasteiger partial charge < -0.3 is 46.7 Å². The zero-order chi connectivity index (χ0) is 43.5. The first kappa shape index (κ1) is 44.8. The normalized spacial score (nSPS) is 45.6. The Morgan fingerprint density at radius 1 is 1.05 bits per heavy atom. The van der Waals surface area contributed by atoms with Gasteiger partial charge in [0.2, 0.25) is 0 Å². The van der Waals surface area contributed by atoms with Gasteiger partial charge in [-0.05, 0) is 129 Å². The lowest BCUT2D eigenvalue weighted by Crippen LogP contribution is -2.64. The molecule has 60 heavy (non-hydrogen) atoms. The maximum absolute atomic E-state index is 14.2. The fraction of sp³-hybridized carbons (Fsp3) is 0.771. The number of aliphatic imine (C=N–C) groups is 1. The average molecular weight is 833 g/mol. The smallest absolute Gasteiger partial charge is 0.313 e. The molecule has 332 valence electrons. The van der Waals surface area contributed by atoms with Crippen molar-refractivity contribution in [2.75, 3.05) is 13.2 Å². The first-order valence-corrected chi connectivity index (χ1v) is 22.8. The zero-order valence-electron chi connectivity index (χ0n) is 36.6. The molecular weight excluding hydrogens is 761 g/mol. The second-order valence-corrected chi connectivity index (χ2v) is 21.1. The van der Waals surface area contributed by atoms with Crippen LogP contribution in [0.4, 0.5) is 0 Å². The highest BCUT2D eigenvalue weighted by atomic mass is 16.5. The molecule has 17 atom stereocenters. The Morgan fingerprint density at radius 3 is 2.48 bits per heavy atom. The third-order valence-corrected chi connectivity index (χ3v) is 17.3. The maximum Gasteiger partial charge on any atom is 0.313 e. The first-order chi connectivity index (χ1) is 28.2. The summed E-state index contributed by atoms with van der Waals surface area (Å²) in [6.07, 6.45) is 7.50. The number of nitrogens with two attached hydrogens (primary N) is 2. The topological polar surface area (TPSA) is 225 Å². The van der Waals surface area contributed by atoms with Crippen LogP contribution < -0.4 is 11.5 Å². The minimum absolute atomic E-state index is 0.00984. The van der Waals surface area contributed by atoms with Gasteiger partial charge in [0, 0.05) is 54.4 Å². The van der Waals surface area contributed by atoms with Gasteiger partial charge in [0.25, 0.3) is 0 Å². The Hall–Kier alpha value is -3.21. The zero-order valence-corrected chi connectivity index (χ0v) is 36.6. The number of allylic oxidation sites excluding steroid dienone is 1. The number of guanidine groups is 1. The van der Waals surface area contributed by atoms with Crippen molar-refractivity contribution in [1.29, 1.82) is 0 Å². The van der Waals surface area contributed by atoms with Crippen LogP contribution in [-0.4, -0.2) is 90.9 Å². The number of aromatic nitrogens is 1. The predicted molar refractivity (Wildman–Crippen MR) is 229 cm³/mol. The Kier molecular flexibility index (Phi) is 12.6. The molecule has 10 N–H and O–H groups in total. The summed E-state index contributed by atoms with van der Waals surface area (Å²) < 4.78 is 5.79. The fourth-order valence-electron chi connectivity index (χ4n) is 13.9. The highest BCUT2D eigenvalue weighted by Crippen LogP contribution is 2.71. The molecule has 0 bridgehead atoms. The van der Waals surface area contributed by atoms with E-state index in [9.17, 15) is 35.1 Å². The number of ketones is 1. The van der Waals surface area contributed by atoms with E-state index in [1.54, 1.807) is 13.0 Å². The van der Waals surface area contributed by atoms with Crippen molar-refractivity contribution in [3.63, 3.8) is 0 Å². The largest absolute Gasteiger partial charge is 0.465 e. The molecule has 0 amide bonds. The van der Waals surface area contributed by atoms with Crippen LogP contribution in [0.15, 0.2) is 35.1 Å². The summed E-state index contributed by atoms with van der Waals surface area (Å²) in [5.74, 6) is 5.07. The molecule has 12 heteroatoms. The van der Waals surface area contributed by atoms with Gasteiger partial charge in [-0.3, -0.25) is 14.6 Å². The number of fused-ring (bicyclic) bond motifs is 7. The monoisotopic (exact) mass is 833 g/mol. The summed E-state index contributed by atoms with van der Waals surface area (Å²) in [6, 6.07) is 1.94. The van der Waals surface area contributed by atoms with E-state index in [0.29, 0.717) is 43.6 Å². The third kappa shape index (κ3) is 7.67. The number of carbonyl (C=O) groups is 2. The highest BCUT2D eigenvalue weighted by Gasteiger charge is 2.73. The molecular formula is C48H72N4O8. The van der Waals surface area contributed by atoms with Crippen molar-refractivity contribution in [3.8, 4) is 11.8 Å². The summed E-state index contributed by atoms with van der Waals surface area (Å²) in [7, 11) is 0. The molecule has 4 fully saturated rings. The van der Waals surface area contributed by atoms with Crippen molar-refractivity contribution in [2.24, 2.45) is 86.5 Å². The minimum atomic E-state index is -1.68. The number of cyclic esters (lactones) is 1. The Balaban J connectivity index is 1.36. The van der Waals surface area contributed by atoms with E-state index in [-0.39, 0.29) is 85.6 Å². The van der Waals surface area contributed by atoms with E-state index in [1.807, 2.05) is 25.4 Å². The number of aromatic amines is 1. The van der Waals surface area contributed by atoms with Crippen LogP contribution in [0.5, 0.6) is 0 Å². The van der Waals surface area contributed by atoms with Gasteiger partial charge in [0.15, 0.2) is 11.7 Å². The van der Waals surface area contributed by atoms with E-state index >= 15 is 0 Å². The molecule has 0 radical (unpaired) electrons. The lowest BCUT2D eigenvalue weighted by Gasteiger charge is -2.61. The van der Waals surface area contributed by atoms with E-state index in [2.05, 4.69) is 49.5 Å². The molecule has 17 unspecified atom stereocenters. The van der Waals surface area contributed by atoms with Crippen LogP contribution in [0.1, 0.15) is 124 Å². The van der Waals surface area contributed by atoms with Crippen LogP contribution in [-0.2, 0) is 14.3 Å².